The first-order valence-electron chi connectivity index (χ1n) is 12.9. The van der Waals surface area contributed by atoms with Crippen LogP contribution in [0.5, 0.6) is 0 Å². The summed E-state index contributed by atoms with van der Waals surface area (Å²) >= 11 is 0. The third-order valence-electron chi connectivity index (χ3n) is 6.54. The molecule has 0 aliphatic carbocycles. The lowest BCUT2D eigenvalue weighted by Crippen LogP contribution is -2.32. The zero-order valence-corrected chi connectivity index (χ0v) is 21.2. The summed E-state index contributed by atoms with van der Waals surface area (Å²) in [6.07, 6.45) is 7.26. The summed E-state index contributed by atoms with van der Waals surface area (Å²) in [5.41, 5.74) is 3.84. The van der Waals surface area contributed by atoms with Crippen LogP contribution in [0.25, 0.3) is 22.3 Å². The molecule has 4 rings (SSSR count). The lowest BCUT2D eigenvalue weighted by molar-refractivity contribution is -0.122. The fourth-order valence-electron chi connectivity index (χ4n) is 4.53. The number of H-pyrrole nitrogens is 1. The van der Waals surface area contributed by atoms with Crippen molar-refractivity contribution in [3.63, 3.8) is 0 Å². The van der Waals surface area contributed by atoms with Crippen LogP contribution in [0.4, 0.5) is 0 Å². The highest BCUT2D eigenvalue weighted by Gasteiger charge is 2.20. The highest BCUT2D eigenvalue weighted by molar-refractivity contribution is 5.81. The van der Waals surface area contributed by atoms with Gasteiger partial charge in [0.2, 0.25) is 5.91 Å². The largest absolute Gasteiger partial charge is 0.345 e. The summed E-state index contributed by atoms with van der Waals surface area (Å²) in [4.78, 5) is 37.6. The fraction of sp³-hybridized carbons (Fsp3) is 0.379. The van der Waals surface area contributed by atoms with Gasteiger partial charge < -0.3 is 14.9 Å². The number of amides is 1. The first kappa shape index (κ1) is 25.4. The summed E-state index contributed by atoms with van der Waals surface area (Å²) < 4.78 is 2.00. The predicted molar refractivity (Wildman–Crippen MR) is 142 cm³/mol. The predicted octanol–water partition coefficient (Wildman–Crippen LogP) is 5.78. The summed E-state index contributed by atoms with van der Waals surface area (Å²) in [5, 5.41) is 3.22. The number of aromatic nitrogens is 4. The van der Waals surface area contributed by atoms with Crippen LogP contribution in [0, 0.1) is 0 Å². The molecule has 0 radical (unpaired) electrons. The van der Waals surface area contributed by atoms with Gasteiger partial charge in [-0.2, -0.15) is 0 Å². The molecule has 1 atom stereocenters. The van der Waals surface area contributed by atoms with Gasteiger partial charge >= 0.3 is 0 Å². The Morgan fingerprint density at radius 1 is 1.00 bits per heavy atom. The Bertz CT molecular complexity index is 1290. The molecule has 0 bridgehead atoms. The number of nitrogens with zero attached hydrogens (tertiary/aromatic N) is 3. The standard InChI is InChI=1S/C29H35N5O2/c1-3-22(35)15-9-6-10-17-24(29-30-19-25(33-29)21-13-7-5-8-14-21)32-28(36)20-34-26-18-12-11-16-23(26)31-27(34)4-2/h5,7-8,11-14,16,18-19,24H,3-4,6,9-10,15,17,20H2,1-2H3,(H,30,33)(H,32,36)/t24-/m0/s1. The molecule has 0 saturated carbocycles. The van der Waals surface area contributed by atoms with Crippen LogP contribution in [0.3, 0.4) is 0 Å². The first-order chi connectivity index (χ1) is 17.6. The number of imidazole rings is 2. The number of rotatable bonds is 13. The molecule has 0 aliphatic heterocycles. The molecule has 2 aromatic carbocycles. The van der Waals surface area contributed by atoms with Gasteiger partial charge in [0.05, 0.1) is 29.0 Å². The van der Waals surface area contributed by atoms with Crippen molar-refractivity contribution in [2.45, 2.75) is 71.4 Å². The lowest BCUT2D eigenvalue weighted by Gasteiger charge is -2.18. The van der Waals surface area contributed by atoms with Gasteiger partial charge in [-0.25, -0.2) is 9.97 Å². The van der Waals surface area contributed by atoms with Crippen LogP contribution in [-0.4, -0.2) is 31.2 Å². The quantitative estimate of drug-likeness (QED) is 0.235. The number of unbranched alkanes of at least 4 members (excludes halogenated alkanes) is 2. The number of carbonyl (C=O) groups excluding carboxylic acids is 2. The first-order valence-corrected chi connectivity index (χ1v) is 12.9. The van der Waals surface area contributed by atoms with E-state index in [0.717, 1.165) is 66.0 Å². The number of para-hydroxylation sites is 2. The Hall–Kier alpha value is -3.74. The number of Topliss-reactive ketones (excluding diaryl/α,β-unsaturated/α-hetero) is 1. The van der Waals surface area contributed by atoms with E-state index in [2.05, 4.69) is 27.2 Å². The van der Waals surface area contributed by atoms with Crippen molar-refractivity contribution in [2.24, 2.45) is 0 Å². The molecule has 2 aromatic heterocycles. The van der Waals surface area contributed by atoms with Gasteiger partial charge in [0.15, 0.2) is 0 Å². The average Bonchev–Trinajstić information content (AvgIpc) is 3.53. The molecule has 36 heavy (non-hydrogen) atoms. The van der Waals surface area contributed by atoms with E-state index in [9.17, 15) is 9.59 Å². The van der Waals surface area contributed by atoms with Crippen LogP contribution in [0.1, 0.15) is 70.1 Å². The molecular formula is C29H35N5O2. The fourth-order valence-corrected chi connectivity index (χ4v) is 4.53. The molecule has 188 valence electrons. The van der Waals surface area contributed by atoms with Gasteiger partial charge in [0.25, 0.3) is 0 Å². The minimum absolute atomic E-state index is 0.0725. The van der Waals surface area contributed by atoms with Crippen molar-refractivity contribution >= 4 is 22.7 Å². The molecule has 2 heterocycles. The van der Waals surface area contributed by atoms with Crippen molar-refractivity contribution in [3.05, 3.63) is 72.4 Å². The molecule has 0 aliphatic rings. The van der Waals surface area contributed by atoms with E-state index >= 15 is 0 Å². The van der Waals surface area contributed by atoms with Gasteiger partial charge in [0, 0.05) is 19.3 Å². The maximum atomic E-state index is 13.3. The Morgan fingerprint density at radius 3 is 2.56 bits per heavy atom. The maximum Gasteiger partial charge on any atom is 0.240 e. The van der Waals surface area contributed by atoms with Gasteiger partial charge in [0.1, 0.15) is 24.0 Å². The van der Waals surface area contributed by atoms with Crippen LogP contribution in [-0.2, 0) is 22.6 Å². The lowest BCUT2D eigenvalue weighted by atomic mass is 10.0. The molecule has 0 fully saturated rings. The second kappa shape index (κ2) is 12.3. The van der Waals surface area contributed by atoms with E-state index < -0.39 is 0 Å². The molecule has 0 saturated heterocycles. The number of aryl methyl sites for hydroxylation is 1. The smallest absolute Gasteiger partial charge is 0.240 e. The highest BCUT2D eigenvalue weighted by atomic mass is 16.2. The van der Waals surface area contributed by atoms with E-state index in [1.54, 1.807) is 0 Å². The van der Waals surface area contributed by atoms with Crippen LogP contribution >= 0.6 is 0 Å². The number of aromatic amines is 1. The number of fused-ring (bicyclic) bond motifs is 1. The van der Waals surface area contributed by atoms with E-state index in [0.29, 0.717) is 18.6 Å². The molecule has 0 spiro atoms. The van der Waals surface area contributed by atoms with Crippen molar-refractivity contribution in [3.8, 4) is 11.3 Å². The van der Waals surface area contributed by atoms with Gasteiger partial charge in [-0.15, -0.1) is 0 Å². The topological polar surface area (TPSA) is 92.7 Å². The normalized spacial score (nSPS) is 12.1. The summed E-state index contributed by atoms with van der Waals surface area (Å²) in [7, 11) is 0. The van der Waals surface area contributed by atoms with Crippen LogP contribution in [0.2, 0.25) is 0 Å². The number of hydrogen-bond acceptors (Lipinski definition) is 4. The van der Waals surface area contributed by atoms with E-state index in [-0.39, 0.29) is 18.5 Å². The van der Waals surface area contributed by atoms with Crippen LogP contribution in [0.15, 0.2) is 60.8 Å². The highest BCUT2D eigenvalue weighted by Crippen LogP contribution is 2.23. The number of nitrogens with one attached hydrogen (secondary N) is 2. The Kier molecular flexibility index (Phi) is 8.66. The van der Waals surface area contributed by atoms with Gasteiger partial charge in [-0.1, -0.05) is 69.2 Å². The van der Waals surface area contributed by atoms with Gasteiger partial charge in [-0.3, -0.25) is 9.59 Å². The van der Waals surface area contributed by atoms with Crippen molar-refractivity contribution in [2.75, 3.05) is 0 Å². The monoisotopic (exact) mass is 485 g/mol. The molecule has 4 aromatic rings. The zero-order valence-electron chi connectivity index (χ0n) is 21.2. The van der Waals surface area contributed by atoms with Gasteiger partial charge in [-0.05, 0) is 30.5 Å². The van der Waals surface area contributed by atoms with Crippen molar-refractivity contribution in [1.29, 1.82) is 0 Å². The van der Waals surface area contributed by atoms with E-state index in [4.69, 9.17) is 0 Å². The maximum absolute atomic E-state index is 13.3. The average molecular weight is 486 g/mol. The summed E-state index contributed by atoms with van der Waals surface area (Å²) in [5.74, 6) is 1.88. The summed E-state index contributed by atoms with van der Waals surface area (Å²) in [6, 6.07) is 17.7. The molecule has 2 N–H and O–H groups in total. The Balaban J connectivity index is 1.48. The SMILES string of the molecule is CCC(=O)CCCCC[C@H](NC(=O)Cn1c(CC)nc2ccccc21)c1ncc(-c2ccccc2)[nH]1. The molecule has 1 amide bonds. The van der Waals surface area contributed by atoms with E-state index in [1.165, 1.54) is 0 Å². The van der Waals surface area contributed by atoms with E-state index in [1.807, 2.05) is 72.3 Å². The Labute approximate surface area is 212 Å². The number of carbonyl (C=O) groups is 2. The molecule has 7 heteroatoms. The molecule has 7 nitrogen and oxygen atoms in total. The third-order valence-corrected chi connectivity index (χ3v) is 6.54. The number of hydrogen-bond donors (Lipinski definition) is 2. The Morgan fingerprint density at radius 2 is 1.78 bits per heavy atom. The summed E-state index contributed by atoms with van der Waals surface area (Å²) in [6.45, 7) is 4.16. The molecular weight excluding hydrogens is 450 g/mol. The number of ketones is 1. The number of benzene rings is 2. The van der Waals surface area contributed by atoms with Crippen molar-refractivity contribution < 1.29 is 9.59 Å². The zero-order chi connectivity index (χ0) is 25.3. The second-order valence-electron chi connectivity index (χ2n) is 9.12. The minimum Gasteiger partial charge on any atom is -0.345 e. The van der Waals surface area contributed by atoms with Crippen molar-refractivity contribution in [1.82, 2.24) is 24.8 Å². The molecule has 0 unspecified atom stereocenters. The second-order valence-corrected chi connectivity index (χ2v) is 9.12. The third kappa shape index (κ3) is 6.27. The van der Waals surface area contributed by atoms with Crippen LogP contribution < -0.4 is 5.32 Å². The minimum atomic E-state index is -0.239.